The van der Waals surface area contributed by atoms with Gasteiger partial charge in [0.15, 0.2) is 0 Å². The van der Waals surface area contributed by atoms with Gasteiger partial charge < -0.3 is 4.90 Å². The van der Waals surface area contributed by atoms with Crippen LogP contribution in [0.3, 0.4) is 0 Å². The summed E-state index contributed by atoms with van der Waals surface area (Å²) in [5, 5.41) is 3.37. The third-order valence-electron chi connectivity index (χ3n) is 4.41. The zero-order valence-electron chi connectivity index (χ0n) is 13.3. The fourth-order valence-electron chi connectivity index (χ4n) is 2.97. The van der Waals surface area contributed by atoms with Gasteiger partial charge in [-0.25, -0.2) is 0 Å². The third kappa shape index (κ3) is 4.57. The Bertz CT molecular complexity index is 432. The number of unbranched alkanes of at least 4 members (excludes halogenated alkanes) is 2. The molecule has 1 N–H and O–H groups in total. The average molecular weight is 288 g/mol. The van der Waals surface area contributed by atoms with Crippen molar-refractivity contribution in [2.45, 2.75) is 64.5 Å². The largest absolute Gasteiger partial charge is 0.326 e. The molecule has 1 aliphatic heterocycles. The van der Waals surface area contributed by atoms with Crippen LogP contribution >= 0.6 is 0 Å². The fraction of sp³-hybridized carbons (Fsp3) is 0.611. The van der Waals surface area contributed by atoms with Gasteiger partial charge in [0.2, 0.25) is 5.91 Å². The van der Waals surface area contributed by atoms with Gasteiger partial charge in [-0.1, -0.05) is 56.5 Å². The standard InChI is InChI=1S/C18H28N2O/c1-3-4-6-9-15(2)20-14-19-17(18(20)21)13-12-16-10-7-5-8-11-16/h5,7-8,10-11,15,17,19H,3-4,6,9,12-14H2,1-2H3. The second-order valence-corrected chi connectivity index (χ2v) is 6.09. The Morgan fingerprint density at radius 1 is 1.29 bits per heavy atom. The molecule has 1 saturated heterocycles. The lowest BCUT2D eigenvalue weighted by atomic mass is 10.0. The Labute approximate surface area is 128 Å². The Kier molecular flexibility index (Phi) is 6.24. The van der Waals surface area contributed by atoms with E-state index in [4.69, 9.17) is 0 Å². The summed E-state index contributed by atoms with van der Waals surface area (Å²) >= 11 is 0. The molecule has 3 nitrogen and oxygen atoms in total. The molecule has 0 spiro atoms. The van der Waals surface area contributed by atoms with Crippen LogP contribution < -0.4 is 5.32 Å². The van der Waals surface area contributed by atoms with Crippen LogP contribution in [0.4, 0.5) is 0 Å². The van der Waals surface area contributed by atoms with Gasteiger partial charge in [-0.3, -0.25) is 10.1 Å². The molecule has 1 aromatic carbocycles. The van der Waals surface area contributed by atoms with E-state index in [0.717, 1.165) is 19.3 Å². The number of rotatable bonds is 8. The highest BCUT2D eigenvalue weighted by atomic mass is 16.2. The van der Waals surface area contributed by atoms with Gasteiger partial charge in [-0.15, -0.1) is 0 Å². The molecule has 1 aliphatic rings. The van der Waals surface area contributed by atoms with Gasteiger partial charge in [-0.05, 0) is 31.7 Å². The molecule has 1 amide bonds. The van der Waals surface area contributed by atoms with E-state index >= 15 is 0 Å². The predicted molar refractivity (Wildman–Crippen MR) is 87.0 cm³/mol. The minimum absolute atomic E-state index is 0.00108. The average Bonchev–Trinajstić information content (AvgIpc) is 2.87. The van der Waals surface area contributed by atoms with Crippen molar-refractivity contribution < 1.29 is 4.79 Å². The Morgan fingerprint density at radius 3 is 2.76 bits per heavy atom. The summed E-state index contributed by atoms with van der Waals surface area (Å²) in [4.78, 5) is 14.5. The molecule has 2 atom stereocenters. The van der Waals surface area contributed by atoms with E-state index in [2.05, 4.69) is 43.4 Å². The van der Waals surface area contributed by atoms with Crippen LogP contribution in [0, 0.1) is 0 Å². The van der Waals surface area contributed by atoms with Gasteiger partial charge in [-0.2, -0.15) is 0 Å². The fourth-order valence-corrected chi connectivity index (χ4v) is 2.97. The van der Waals surface area contributed by atoms with Crippen molar-refractivity contribution in [2.24, 2.45) is 0 Å². The van der Waals surface area contributed by atoms with Crippen molar-refractivity contribution in [1.29, 1.82) is 0 Å². The Hall–Kier alpha value is -1.35. The summed E-state index contributed by atoms with van der Waals surface area (Å²) in [6, 6.07) is 10.8. The lowest BCUT2D eigenvalue weighted by Gasteiger charge is -2.23. The molecule has 1 aromatic rings. The maximum absolute atomic E-state index is 12.5. The van der Waals surface area contributed by atoms with E-state index in [1.807, 2.05) is 11.0 Å². The first-order valence-electron chi connectivity index (χ1n) is 8.30. The van der Waals surface area contributed by atoms with E-state index in [9.17, 15) is 4.79 Å². The van der Waals surface area contributed by atoms with Gasteiger partial charge in [0.1, 0.15) is 0 Å². The zero-order chi connectivity index (χ0) is 15.1. The first-order chi connectivity index (χ1) is 10.2. The second-order valence-electron chi connectivity index (χ2n) is 6.09. The summed E-state index contributed by atoms with van der Waals surface area (Å²) in [6.45, 7) is 5.10. The predicted octanol–water partition coefficient (Wildman–Crippen LogP) is 3.35. The molecule has 21 heavy (non-hydrogen) atoms. The molecular weight excluding hydrogens is 260 g/mol. The number of amides is 1. The van der Waals surface area contributed by atoms with E-state index in [0.29, 0.717) is 12.7 Å². The van der Waals surface area contributed by atoms with Crippen LogP contribution in [0.1, 0.15) is 51.5 Å². The molecule has 1 fully saturated rings. The number of nitrogens with zero attached hydrogens (tertiary/aromatic N) is 1. The molecule has 2 rings (SSSR count). The summed E-state index contributed by atoms with van der Waals surface area (Å²) in [5.41, 5.74) is 1.31. The van der Waals surface area contributed by atoms with E-state index < -0.39 is 0 Å². The van der Waals surface area contributed by atoms with E-state index in [1.165, 1.54) is 24.8 Å². The Balaban J connectivity index is 1.78. The Morgan fingerprint density at radius 2 is 2.05 bits per heavy atom. The highest BCUT2D eigenvalue weighted by molar-refractivity contribution is 5.84. The number of aryl methyl sites for hydroxylation is 1. The van der Waals surface area contributed by atoms with Crippen LogP contribution in [0.15, 0.2) is 30.3 Å². The minimum Gasteiger partial charge on any atom is -0.326 e. The van der Waals surface area contributed by atoms with Crippen LogP contribution in [0.2, 0.25) is 0 Å². The lowest BCUT2D eigenvalue weighted by Crippen LogP contribution is -2.37. The molecule has 1 heterocycles. The smallest absolute Gasteiger partial charge is 0.241 e. The number of carbonyl (C=O) groups is 1. The maximum atomic E-state index is 12.5. The summed E-state index contributed by atoms with van der Waals surface area (Å²) in [6.07, 6.45) is 6.68. The van der Waals surface area contributed by atoms with Gasteiger partial charge in [0.25, 0.3) is 0 Å². The number of nitrogens with one attached hydrogen (secondary N) is 1. The highest BCUT2D eigenvalue weighted by Crippen LogP contribution is 2.17. The van der Waals surface area contributed by atoms with E-state index in [-0.39, 0.29) is 11.9 Å². The molecular formula is C18H28N2O. The summed E-state index contributed by atoms with van der Waals surface area (Å²) in [5.74, 6) is 0.287. The maximum Gasteiger partial charge on any atom is 0.241 e. The van der Waals surface area contributed by atoms with Crippen LogP contribution in [0.25, 0.3) is 0 Å². The number of hydrogen-bond donors (Lipinski definition) is 1. The van der Waals surface area contributed by atoms with Crippen LogP contribution in [0.5, 0.6) is 0 Å². The van der Waals surface area contributed by atoms with Crippen LogP contribution in [-0.4, -0.2) is 29.6 Å². The van der Waals surface area contributed by atoms with Gasteiger partial charge in [0, 0.05) is 6.04 Å². The third-order valence-corrected chi connectivity index (χ3v) is 4.41. The van der Waals surface area contributed by atoms with Crippen molar-refractivity contribution in [3.63, 3.8) is 0 Å². The number of benzene rings is 1. The minimum atomic E-state index is -0.00108. The SMILES string of the molecule is CCCCCC(C)N1CNC(CCc2ccccc2)C1=O. The zero-order valence-corrected chi connectivity index (χ0v) is 13.3. The molecule has 0 bridgehead atoms. The number of carbonyl (C=O) groups excluding carboxylic acids is 1. The topological polar surface area (TPSA) is 32.3 Å². The van der Waals surface area contributed by atoms with Crippen molar-refractivity contribution in [1.82, 2.24) is 10.2 Å². The summed E-state index contributed by atoms with van der Waals surface area (Å²) in [7, 11) is 0. The van der Waals surface area contributed by atoms with Crippen molar-refractivity contribution in [3.8, 4) is 0 Å². The lowest BCUT2D eigenvalue weighted by molar-refractivity contribution is -0.130. The van der Waals surface area contributed by atoms with Crippen molar-refractivity contribution in [3.05, 3.63) is 35.9 Å². The monoisotopic (exact) mass is 288 g/mol. The molecule has 2 unspecified atom stereocenters. The highest BCUT2D eigenvalue weighted by Gasteiger charge is 2.33. The van der Waals surface area contributed by atoms with Crippen molar-refractivity contribution >= 4 is 5.91 Å². The summed E-state index contributed by atoms with van der Waals surface area (Å²) < 4.78 is 0. The first-order valence-corrected chi connectivity index (χ1v) is 8.30. The van der Waals surface area contributed by atoms with Crippen molar-refractivity contribution in [2.75, 3.05) is 6.67 Å². The number of hydrogen-bond acceptors (Lipinski definition) is 2. The molecule has 3 heteroatoms. The van der Waals surface area contributed by atoms with Crippen LogP contribution in [-0.2, 0) is 11.2 Å². The molecule has 0 radical (unpaired) electrons. The van der Waals surface area contributed by atoms with Gasteiger partial charge in [0.05, 0.1) is 12.7 Å². The second kappa shape index (κ2) is 8.18. The molecule has 0 aromatic heterocycles. The molecule has 0 aliphatic carbocycles. The first kappa shape index (κ1) is 16.0. The molecule has 116 valence electrons. The normalized spacial score (nSPS) is 20.0. The van der Waals surface area contributed by atoms with E-state index in [1.54, 1.807) is 0 Å². The quantitative estimate of drug-likeness (QED) is 0.744. The molecule has 0 saturated carbocycles. The van der Waals surface area contributed by atoms with Gasteiger partial charge >= 0.3 is 0 Å².